The van der Waals surface area contributed by atoms with Crippen LogP contribution >= 0.6 is 0 Å². The van der Waals surface area contributed by atoms with Crippen LogP contribution in [-0.2, 0) is 6.61 Å². The number of benzene rings is 1. The van der Waals surface area contributed by atoms with Crippen LogP contribution in [0.1, 0.15) is 11.3 Å². The van der Waals surface area contributed by atoms with Gasteiger partial charge in [-0.05, 0) is 17.9 Å². The molecule has 0 saturated carbocycles. The predicted molar refractivity (Wildman–Crippen MR) is 70.3 cm³/mol. The minimum absolute atomic E-state index is 0.189. The third-order valence-electron chi connectivity index (χ3n) is 2.67. The summed E-state index contributed by atoms with van der Waals surface area (Å²) in [5.41, 5.74) is 0.984. The van der Waals surface area contributed by atoms with E-state index in [1.54, 1.807) is 31.2 Å². The van der Waals surface area contributed by atoms with E-state index < -0.39 is 7.12 Å². The molecule has 2 rings (SSSR count). The number of hydrogen-bond acceptors (Lipinski definition) is 5. The van der Waals surface area contributed by atoms with E-state index in [-0.39, 0.29) is 17.8 Å². The number of rotatable bonds is 4. The molecule has 0 aliphatic rings. The molecule has 19 heavy (non-hydrogen) atoms. The van der Waals surface area contributed by atoms with E-state index in [2.05, 4.69) is 0 Å². The fourth-order valence-electron chi connectivity index (χ4n) is 1.61. The van der Waals surface area contributed by atoms with E-state index >= 15 is 0 Å². The summed E-state index contributed by atoms with van der Waals surface area (Å²) in [5, 5.41) is 17.9. The summed E-state index contributed by atoms with van der Waals surface area (Å²) in [6, 6.07) is 7.88. The fourth-order valence-corrected chi connectivity index (χ4v) is 1.61. The lowest BCUT2D eigenvalue weighted by Gasteiger charge is -2.07. The summed E-state index contributed by atoms with van der Waals surface area (Å²) in [4.78, 5) is 11.6. The molecular formula is C13H13BO5. The van der Waals surface area contributed by atoms with Gasteiger partial charge in [0.1, 0.15) is 12.4 Å². The van der Waals surface area contributed by atoms with Crippen LogP contribution in [0.5, 0.6) is 5.75 Å². The Morgan fingerprint density at radius 3 is 2.47 bits per heavy atom. The Morgan fingerprint density at radius 2 is 1.89 bits per heavy atom. The highest BCUT2D eigenvalue weighted by Gasteiger charge is 2.10. The molecule has 0 amide bonds. The molecule has 2 aromatic rings. The minimum Gasteiger partial charge on any atom is -0.482 e. The highest BCUT2D eigenvalue weighted by molar-refractivity contribution is 6.58. The maximum atomic E-state index is 11.6. The summed E-state index contributed by atoms with van der Waals surface area (Å²) in [7, 11) is -1.49. The van der Waals surface area contributed by atoms with Crippen LogP contribution < -0.4 is 15.6 Å². The minimum atomic E-state index is -1.49. The van der Waals surface area contributed by atoms with E-state index in [4.69, 9.17) is 19.2 Å². The normalized spacial score (nSPS) is 10.3. The zero-order valence-electron chi connectivity index (χ0n) is 10.4. The molecule has 1 aromatic heterocycles. The SMILES string of the molecule is Cc1occc(=O)c1OCc1ccc(B(O)O)cc1. The van der Waals surface area contributed by atoms with Gasteiger partial charge in [-0.2, -0.15) is 0 Å². The second kappa shape index (κ2) is 5.73. The molecule has 0 spiro atoms. The van der Waals surface area contributed by atoms with Gasteiger partial charge in [-0.1, -0.05) is 24.3 Å². The first-order valence-corrected chi connectivity index (χ1v) is 5.74. The van der Waals surface area contributed by atoms with E-state index in [0.717, 1.165) is 5.56 Å². The van der Waals surface area contributed by atoms with Crippen LogP contribution in [0.25, 0.3) is 0 Å². The lowest BCUT2D eigenvalue weighted by atomic mass is 9.80. The summed E-state index contributed by atoms with van der Waals surface area (Å²) in [6.45, 7) is 1.86. The molecule has 6 heteroatoms. The molecule has 0 radical (unpaired) electrons. The summed E-state index contributed by atoms with van der Waals surface area (Å²) < 4.78 is 10.5. The maximum Gasteiger partial charge on any atom is 0.488 e. The Bertz CT molecular complexity index is 603. The van der Waals surface area contributed by atoms with Crippen molar-refractivity contribution in [3.63, 3.8) is 0 Å². The van der Waals surface area contributed by atoms with Crippen molar-refractivity contribution >= 4 is 12.6 Å². The molecule has 0 saturated heterocycles. The molecule has 98 valence electrons. The Labute approximate surface area is 110 Å². The van der Waals surface area contributed by atoms with Gasteiger partial charge in [-0.25, -0.2) is 0 Å². The topological polar surface area (TPSA) is 79.9 Å². The lowest BCUT2D eigenvalue weighted by Crippen LogP contribution is -2.29. The Hall–Kier alpha value is -2.05. The number of hydrogen-bond donors (Lipinski definition) is 2. The largest absolute Gasteiger partial charge is 0.488 e. The van der Waals surface area contributed by atoms with Crippen molar-refractivity contribution in [2.75, 3.05) is 0 Å². The van der Waals surface area contributed by atoms with Gasteiger partial charge < -0.3 is 19.2 Å². The highest BCUT2D eigenvalue weighted by Crippen LogP contribution is 2.12. The molecule has 0 bridgehead atoms. The van der Waals surface area contributed by atoms with Gasteiger partial charge >= 0.3 is 7.12 Å². The fraction of sp³-hybridized carbons (Fsp3) is 0.154. The van der Waals surface area contributed by atoms with Crippen LogP contribution in [0.15, 0.2) is 45.8 Å². The Morgan fingerprint density at radius 1 is 1.21 bits per heavy atom. The molecular weight excluding hydrogens is 247 g/mol. The van der Waals surface area contributed by atoms with Crippen molar-refractivity contribution in [3.8, 4) is 5.75 Å². The Balaban J connectivity index is 2.08. The Kier molecular flexibility index (Phi) is 4.04. The molecule has 0 fully saturated rings. The summed E-state index contributed by atoms with van der Waals surface area (Å²) in [5.74, 6) is 0.615. The average molecular weight is 260 g/mol. The van der Waals surface area contributed by atoms with Gasteiger partial charge in [-0.15, -0.1) is 0 Å². The van der Waals surface area contributed by atoms with Crippen molar-refractivity contribution in [1.82, 2.24) is 0 Å². The lowest BCUT2D eigenvalue weighted by molar-refractivity contribution is 0.286. The molecule has 1 heterocycles. The molecule has 0 unspecified atom stereocenters. The maximum absolute atomic E-state index is 11.6. The first-order chi connectivity index (χ1) is 9.08. The quantitative estimate of drug-likeness (QED) is 0.768. The van der Waals surface area contributed by atoms with Crippen LogP contribution in [-0.4, -0.2) is 17.2 Å². The van der Waals surface area contributed by atoms with E-state index in [1.165, 1.54) is 12.3 Å². The molecule has 2 N–H and O–H groups in total. The van der Waals surface area contributed by atoms with Crippen molar-refractivity contribution in [2.45, 2.75) is 13.5 Å². The van der Waals surface area contributed by atoms with Gasteiger partial charge in [0.05, 0.1) is 6.26 Å². The van der Waals surface area contributed by atoms with Crippen LogP contribution in [0.3, 0.4) is 0 Å². The molecule has 5 nitrogen and oxygen atoms in total. The first kappa shape index (κ1) is 13.4. The van der Waals surface area contributed by atoms with Crippen LogP contribution in [0.2, 0.25) is 0 Å². The standard InChI is InChI=1S/C13H13BO5/c1-9-13(12(15)6-7-18-9)19-8-10-2-4-11(5-3-10)14(16)17/h2-7,16-17H,8H2,1H3. The van der Waals surface area contributed by atoms with Gasteiger partial charge in [0.15, 0.2) is 0 Å². The number of aryl methyl sites for hydroxylation is 1. The second-order valence-corrected chi connectivity index (χ2v) is 4.07. The molecule has 0 atom stereocenters. The van der Waals surface area contributed by atoms with Crippen LogP contribution in [0, 0.1) is 6.92 Å². The third kappa shape index (κ3) is 3.24. The highest BCUT2D eigenvalue weighted by atomic mass is 16.5. The molecule has 1 aromatic carbocycles. The van der Waals surface area contributed by atoms with Crippen molar-refractivity contribution < 1.29 is 19.2 Å². The van der Waals surface area contributed by atoms with Crippen molar-refractivity contribution in [1.29, 1.82) is 0 Å². The smallest absolute Gasteiger partial charge is 0.482 e. The van der Waals surface area contributed by atoms with Gasteiger partial charge in [-0.3, -0.25) is 4.79 Å². The predicted octanol–water partition coefficient (Wildman–Crippen LogP) is 0.207. The summed E-state index contributed by atoms with van der Waals surface area (Å²) in [6.07, 6.45) is 1.32. The van der Waals surface area contributed by atoms with E-state index in [9.17, 15) is 4.79 Å². The number of ether oxygens (including phenoxy) is 1. The molecule has 0 aliphatic heterocycles. The van der Waals surface area contributed by atoms with Crippen LogP contribution in [0.4, 0.5) is 0 Å². The van der Waals surface area contributed by atoms with Gasteiger partial charge in [0.2, 0.25) is 11.2 Å². The summed E-state index contributed by atoms with van der Waals surface area (Å²) >= 11 is 0. The van der Waals surface area contributed by atoms with Gasteiger partial charge in [0.25, 0.3) is 0 Å². The monoisotopic (exact) mass is 260 g/mol. The average Bonchev–Trinajstić information content (AvgIpc) is 2.38. The van der Waals surface area contributed by atoms with E-state index in [1.807, 2.05) is 0 Å². The third-order valence-corrected chi connectivity index (χ3v) is 2.67. The van der Waals surface area contributed by atoms with Gasteiger partial charge in [0, 0.05) is 6.07 Å². The first-order valence-electron chi connectivity index (χ1n) is 5.74. The second-order valence-electron chi connectivity index (χ2n) is 4.07. The van der Waals surface area contributed by atoms with Crippen molar-refractivity contribution in [2.24, 2.45) is 0 Å². The zero-order valence-corrected chi connectivity index (χ0v) is 10.4. The van der Waals surface area contributed by atoms with Crippen molar-refractivity contribution in [3.05, 3.63) is 58.1 Å². The zero-order chi connectivity index (χ0) is 13.8. The molecule has 0 aliphatic carbocycles. The van der Waals surface area contributed by atoms with E-state index in [0.29, 0.717) is 11.2 Å².